The lowest BCUT2D eigenvalue weighted by Gasteiger charge is -2.32. The van der Waals surface area contributed by atoms with E-state index >= 15 is 0 Å². The van der Waals surface area contributed by atoms with Gasteiger partial charge in [0.1, 0.15) is 12.4 Å². The van der Waals surface area contributed by atoms with Crippen LogP contribution < -0.4 is 0 Å². The first-order valence-corrected chi connectivity index (χ1v) is 14.2. The van der Waals surface area contributed by atoms with Crippen molar-refractivity contribution in [2.24, 2.45) is 5.92 Å². The van der Waals surface area contributed by atoms with Crippen LogP contribution in [0.15, 0.2) is 36.5 Å². The summed E-state index contributed by atoms with van der Waals surface area (Å²) >= 11 is 0. The van der Waals surface area contributed by atoms with Gasteiger partial charge in [0.2, 0.25) is 0 Å². The van der Waals surface area contributed by atoms with E-state index in [0.29, 0.717) is 6.42 Å². The van der Waals surface area contributed by atoms with Gasteiger partial charge in [-0.1, -0.05) is 62.6 Å². The van der Waals surface area contributed by atoms with Crippen molar-refractivity contribution in [2.75, 3.05) is 26.4 Å². The number of carbonyl (C=O) groups is 2. The highest BCUT2D eigenvalue weighted by atomic mass is 16.7. The number of carbonyl (C=O) groups excluding carboxylic acids is 2. The van der Waals surface area contributed by atoms with Gasteiger partial charge in [-0.25, -0.2) is 0 Å². The minimum atomic E-state index is -0.693. The van der Waals surface area contributed by atoms with Gasteiger partial charge in [0.25, 0.3) is 0 Å². The molecule has 0 aromatic heterocycles. The molecule has 1 rings (SSSR count). The van der Waals surface area contributed by atoms with E-state index in [1.165, 1.54) is 6.92 Å². The Kier molecular flexibility index (Phi) is 20.8. The molecule has 0 aromatic rings. The maximum atomic E-state index is 11.5. The Labute approximate surface area is 229 Å². The molecule has 8 heteroatoms. The van der Waals surface area contributed by atoms with Crippen LogP contribution in [0.2, 0.25) is 0 Å². The number of aldehydes is 1. The number of esters is 1. The lowest BCUT2D eigenvalue weighted by Crippen LogP contribution is -2.40. The fraction of sp³-hybridized carbons (Fsp3) is 0.733. The number of aliphatic hydroxyl groups excluding tert-OH is 2. The van der Waals surface area contributed by atoms with E-state index in [4.69, 9.17) is 18.9 Å². The van der Waals surface area contributed by atoms with E-state index in [-0.39, 0.29) is 38.8 Å². The summed E-state index contributed by atoms with van der Waals surface area (Å²) in [5, 5.41) is 19.2. The van der Waals surface area contributed by atoms with Crippen LogP contribution in [0.3, 0.4) is 0 Å². The summed E-state index contributed by atoms with van der Waals surface area (Å²) in [6.07, 6.45) is 21.6. The maximum absolute atomic E-state index is 11.5. The Balaban J connectivity index is 2.18. The van der Waals surface area contributed by atoms with Gasteiger partial charge in [-0.15, -0.1) is 0 Å². The van der Waals surface area contributed by atoms with Crippen LogP contribution in [0.4, 0.5) is 0 Å². The molecule has 1 aliphatic heterocycles. The van der Waals surface area contributed by atoms with E-state index in [9.17, 15) is 19.8 Å². The molecule has 0 amide bonds. The number of unbranched alkanes of at least 4 members (excludes halogenated alkanes) is 4. The quantitative estimate of drug-likeness (QED) is 0.0873. The second kappa shape index (κ2) is 23.1. The SMILES string of the molecule is CC/C=C\C/C=C\C/C=C\CCCCCCC(C=O)COCC(CO[C@H]1CC(O)C[C@@H](CO)O1)OC(C)=O. The van der Waals surface area contributed by atoms with Crippen LogP contribution in [0, 0.1) is 5.92 Å². The fourth-order valence-electron chi connectivity index (χ4n) is 4.13. The van der Waals surface area contributed by atoms with Gasteiger partial charge in [-0.05, 0) is 38.5 Å². The Morgan fingerprint density at radius 1 is 0.974 bits per heavy atom. The van der Waals surface area contributed by atoms with Crippen molar-refractivity contribution in [1.29, 1.82) is 0 Å². The third-order valence-electron chi connectivity index (χ3n) is 6.15. The second-order valence-electron chi connectivity index (χ2n) is 9.78. The molecule has 0 spiro atoms. The molecule has 3 unspecified atom stereocenters. The summed E-state index contributed by atoms with van der Waals surface area (Å²) in [6.45, 7) is 3.63. The van der Waals surface area contributed by atoms with Crippen molar-refractivity contribution >= 4 is 12.3 Å². The highest BCUT2D eigenvalue weighted by Crippen LogP contribution is 2.21. The minimum Gasteiger partial charge on any atom is -0.458 e. The summed E-state index contributed by atoms with van der Waals surface area (Å²) in [5.74, 6) is -0.659. The number of rotatable bonds is 22. The van der Waals surface area contributed by atoms with Gasteiger partial charge in [0, 0.05) is 25.7 Å². The van der Waals surface area contributed by atoms with Crippen molar-refractivity contribution < 1.29 is 38.7 Å². The van der Waals surface area contributed by atoms with Gasteiger partial charge in [0.15, 0.2) is 6.29 Å². The lowest BCUT2D eigenvalue weighted by molar-refractivity contribution is -0.232. The van der Waals surface area contributed by atoms with Crippen molar-refractivity contribution in [3.05, 3.63) is 36.5 Å². The van der Waals surface area contributed by atoms with Crippen LogP contribution in [-0.4, -0.2) is 73.5 Å². The Morgan fingerprint density at radius 3 is 2.37 bits per heavy atom. The second-order valence-corrected chi connectivity index (χ2v) is 9.78. The molecule has 5 atom stereocenters. The van der Waals surface area contributed by atoms with Crippen LogP contribution in [0.25, 0.3) is 0 Å². The highest BCUT2D eigenvalue weighted by molar-refractivity contribution is 5.66. The third kappa shape index (κ3) is 18.4. The standard InChI is InChI=1S/C30H50O8/c1-3-4-5-6-7-8-9-10-11-12-13-14-15-16-17-26(20-31)22-35-23-29(37-25(2)33)24-36-30-19-27(34)18-28(21-32)38-30/h4-5,7-8,10-11,20,26-30,32,34H,3,6,9,12-19,21-24H2,1-2H3/b5-4-,8-7-,11-10-/t26?,27?,28-,29?,30+/m0/s1. The molecule has 218 valence electrons. The summed E-state index contributed by atoms with van der Waals surface area (Å²) in [5.41, 5.74) is 0. The molecule has 1 aliphatic rings. The molecule has 2 N–H and O–H groups in total. The van der Waals surface area contributed by atoms with Gasteiger partial charge < -0.3 is 34.0 Å². The van der Waals surface area contributed by atoms with Gasteiger partial charge >= 0.3 is 5.97 Å². The Bertz CT molecular complexity index is 690. The maximum Gasteiger partial charge on any atom is 0.303 e. The molecule has 0 radical (unpaired) electrons. The normalized spacial score (nSPS) is 21.8. The first kappa shape index (κ1) is 34.2. The van der Waals surface area contributed by atoms with Gasteiger partial charge in [0.05, 0.1) is 38.6 Å². The zero-order valence-corrected chi connectivity index (χ0v) is 23.4. The van der Waals surface area contributed by atoms with E-state index in [1.54, 1.807) is 0 Å². The van der Waals surface area contributed by atoms with Crippen molar-refractivity contribution in [2.45, 2.75) is 109 Å². The van der Waals surface area contributed by atoms with E-state index < -0.39 is 30.6 Å². The lowest BCUT2D eigenvalue weighted by atomic mass is 10.0. The highest BCUT2D eigenvalue weighted by Gasteiger charge is 2.29. The molecule has 38 heavy (non-hydrogen) atoms. The fourth-order valence-corrected chi connectivity index (χ4v) is 4.13. The number of ether oxygens (including phenoxy) is 4. The third-order valence-corrected chi connectivity index (χ3v) is 6.15. The van der Waals surface area contributed by atoms with Gasteiger partial charge in [-0.2, -0.15) is 0 Å². The monoisotopic (exact) mass is 538 g/mol. The van der Waals surface area contributed by atoms with Crippen LogP contribution >= 0.6 is 0 Å². The summed E-state index contributed by atoms with van der Waals surface area (Å²) in [4.78, 5) is 22.9. The molecular formula is C30H50O8. The van der Waals surface area contributed by atoms with Crippen molar-refractivity contribution in [3.63, 3.8) is 0 Å². The average molecular weight is 539 g/mol. The first-order chi connectivity index (χ1) is 18.5. The first-order valence-electron chi connectivity index (χ1n) is 14.2. The summed E-state index contributed by atoms with van der Waals surface area (Å²) < 4.78 is 22.2. The molecule has 0 bridgehead atoms. The van der Waals surface area contributed by atoms with Crippen LogP contribution in [0.5, 0.6) is 0 Å². The summed E-state index contributed by atoms with van der Waals surface area (Å²) in [6, 6.07) is 0. The zero-order valence-electron chi connectivity index (χ0n) is 23.4. The predicted molar refractivity (Wildman–Crippen MR) is 148 cm³/mol. The van der Waals surface area contributed by atoms with Crippen molar-refractivity contribution in [3.8, 4) is 0 Å². The number of allylic oxidation sites excluding steroid dienone is 6. The zero-order chi connectivity index (χ0) is 27.8. The molecule has 0 saturated carbocycles. The topological polar surface area (TPSA) is 112 Å². The van der Waals surface area contributed by atoms with Crippen molar-refractivity contribution in [1.82, 2.24) is 0 Å². The molecule has 8 nitrogen and oxygen atoms in total. The molecule has 1 saturated heterocycles. The molecule has 1 heterocycles. The van der Waals surface area contributed by atoms with E-state index in [1.807, 2.05) is 0 Å². The smallest absolute Gasteiger partial charge is 0.303 e. The summed E-state index contributed by atoms with van der Waals surface area (Å²) in [7, 11) is 0. The predicted octanol–water partition coefficient (Wildman–Crippen LogP) is 4.82. The van der Waals surface area contributed by atoms with Crippen LogP contribution in [-0.2, 0) is 28.5 Å². The molecular weight excluding hydrogens is 488 g/mol. The van der Waals surface area contributed by atoms with Gasteiger partial charge in [-0.3, -0.25) is 4.79 Å². The van der Waals surface area contributed by atoms with E-state index in [2.05, 4.69) is 43.4 Å². The molecule has 0 aromatic carbocycles. The van der Waals surface area contributed by atoms with Crippen LogP contribution in [0.1, 0.15) is 84.5 Å². The number of aliphatic hydroxyl groups is 2. The molecule has 1 fully saturated rings. The Hall–Kier alpha value is -1.84. The number of hydrogen-bond acceptors (Lipinski definition) is 8. The Morgan fingerprint density at radius 2 is 1.68 bits per heavy atom. The molecule has 0 aliphatic carbocycles. The van der Waals surface area contributed by atoms with E-state index in [0.717, 1.165) is 64.1 Å². The largest absolute Gasteiger partial charge is 0.458 e. The average Bonchev–Trinajstić information content (AvgIpc) is 2.90. The minimum absolute atomic E-state index is 0.0297. The number of hydrogen-bond donors (Lipinski definition) is 2.